The van der Waals surface area contributed by atoms with Crippen molar-refractivity contribution >= 4 is 0 Å². The Morgan fingerprint density at radius 1 is 1.29 bits per heavy atom. The van der Waals surface area contributed by atoms with Crippen LogP contribution in [0.3, 0.4) is 0 Å². The maximum absolute atomic E-state index is 13.1. The molecule has 2 aliphatic heterocycles. The Bertz CT molecular complexity index is 297. The molecule has 98 valence electrons. The molecular formula is C13H21F2NO. The van der Waals surface area contributed by atoms with Crippen LogP contribution in [0.15, 0.2) is 0 Å². The van der Waals surface area contributed by atoms with Crippen LogP contribution in [0, 0.1) is 11.8 Å². The first-order valence-corrected chi connectivity index (χ1v) is 6.82. The van der Waals surface area contributed by atoms with Crippen LogP contribution in [-0.4, -0.2) is 24.2 Å². The Morgan fingerprint density at radius 3 is 2.65 bits per heavy atom. The molecule has 0 aromatic carbocycles. The predicted octanol–water partition coefficient (Wildman–Crippen LogP) is 2.71. The Balaban J connectivity index is 1.52. The van der Waals surface area contributed by atoms with Crippen LogP contribution in [0.2, 0.25) is 0 Å². The molecule has 3 aliphatic rings. The quantitative estimate of drug-likeness (QED) is 0.829. The fourth-order valence-corrected chi connectivity index (χ4v) is 3.93. The molecule has 2 N–H and O–H groups in total. The van der Waals surface area contributed by atoms with Gasteiger partial charge in [-0.25, -0.2) is 8.78 Å². The second-order valence-corrected chi connectivity index (χ2v) is 6.14. The lowest BCUT2D eigenvalue weighted by molar-refractivity contribution is 0.00403. The highest BCUT2D eigenvalue weighted by Crippen LogP contribution is 2.44. The Kier molecular flexibility index (Phi) is 2.90. The molecule has 17 heavy (non-hydrogen) atoms. The second kappa shape index (κ2) is 4.16. The van der Waals surface area contributed by atoms with Crippen LogP contribution in [0.1, 0.15) is 44.9 Å². The molecule has 3 fully saturated rings. The van der Waals surface area contributed by atoms with Crippen LogP contribution in [0.25, 0.3) is 0 Å². The van der Waals surface area contributed by atoms with Crippen molar-refractivity contribution in [3.8, 4) is 0 Å². The molecule has 2 heterocycles. The zero-order valence-corrected chi connectivity index (χ0v) is 10.1. The normalized spacial score (nSPS) is 45.4. The fraction of sp³-hybridized carbons (Fsp3) is 1.00. The summed E-state index contributed by atoms with van der Waals surface area (Å²) < 4.78 is 32.0. The Morgan fingerprint density at radius 2 is 2.12 bits per heavy atom. The van der Waals surface area contributed by atoms with Gasteiger partial charge in [0, 0.05) is 24.8 Å². The van der Waals surface area contributed by atoms with E-state index in [2.05, 4.69) is 0 Å². The summed E-state index contributed by atoms with van der Waals surface area (Å²) in [5.74, 6) is -1.89. The first-order chi connectivity index (χ1) is 8.03. The molecule has 2 saturated heterocycles. The van der Waals surface area contributed by atoms with Gasteiger partial charge in [0.15, 0.2) is 0 Å². The average Bonchev–Trinajstić information content (AvgIpc) is 2.93. The lowest BCUT2D eigenvalue weighted by Gasteiger charge is -2.27. The van der Waals surface area contributed by atoms with Gasteiger partial charge in [-0.15, -0.1) is 0 Å². The molecule has 0 amide bonds. The zero-order chi connectivity index (χ0) is 12.0. The first-order valence-electron chi connectivity index (χ1n) is 6.82. The number of halogens is 2. The molecule has 0 spiro atoms. The van der Waals surface area contributed by atoms with Crippen molar-refractivity contribution in [3.05, 3.63) is 0 Å². The van der Waals surface area contributed by atoms with Crippen molar-refractivity contribution < 1.29 is 13.5 Å². The topological polar surface area (TPSA) is 35.2 Å². The smallest absolute Gasteiger partial charge is 0.248 e. The maximum atomic E-state index is 13.1. The largest absolute Gasteiger partial charge is 0.375 e. The zero-order valence-electron chi connectivity index (χ0n) is 10.1. The monoisotopic (exact) mass is 245 g/mol. The third-order valence-corrected chi connectivity index (χ3v) is 4.81. The number of nitrogens with two attached hydrogens (primary N) is 1. The summed E-state index contributed by atoms with van der Waals surface area (Å²) in [6, 6.07) is 0.0594. The van der Waals surface area contributed by atoms with Gasteiger partial charge in [0.2, 0.25) is 5.92 Å². The van der Waals surface area contributed by atoms with E-state index in [1.807, 2.05) is 0 Å². The van der Waals surface area contributed by atoms with Gasteiger partial charge in [0.25, 0.3) is 0 Å². The minimum absolute atomic E-state index is 0.0440. The van der Waals surface area contributed by atoms with E-state index in [0.717, 1.165) is 25.7 Å². The van der Waals surface area contributed by atoms with Gasteiger partial charge in [-0.05, 0) is 38.0 Å². The van der Waals surface area contributed by atoms with Crippen LogP contribution in [0.5, 0.6) is 0 Å². The summed E-state index contributed by atoms with van der Waals surface area (Å²) in [4.78, 5) is 0. The Hall–Kier alpha value is -0.220. The van der Waals surface area contributed by atoms with E-state index in [0.29, 0.717) is 24.5 Å². The van der Waals surface area contributed by atoms with Gasteiger partial charge >= 0.3 is 0 Å². The summed E-state index contributed by atoms with van der Waals surface area (Å²) in [6.45, 7) is 0. The third-order valence-electron chi connectivity index (χ3n) is 4.81. The summed E-state index contributed by atoms with van der Waals surface area (Å²) in [7, 11) is 0. The van der Waals surface area contributed by atoms with Gasteiger partial charge < -0.3 is 10.5 Å². The summed E-state index contributed by atoms with van der Waals surface area (Å²) in [5, 5.41) is 0. The lowest BCUT2D eigenvalue weighted by atomic mass is 9.80. The molecule has 2 nitrogen and oxygen atoms in total. The van der Waals surface area contributed by atoms with E-state index in [9.17, 15) is 8.78 Å². The maximum Gasteiger partial charge on any atom is 0.248 e. The molecule has 0 aromatic heterocycles. The summed E-state index contributed by atoms with van der Waals surface area (Å²) in [5.41, 5.74) is 6.21. The molecule has 0 aromatic rings. The van der Waals surface area contributed by atoms with Crippen molar-refractivity contribution in [1.29, 1.82) is 0 Å². The van der Waals surface area contributed by atoms with Crippen LogP contribution >= 0.6 is 0 Å². The van der Waals surface area contributed by atoms with E-state index in [1.165, 1.54) is 0 Å². The molecule has 5 unspecified atom stereocenters. The predicted molar refractivity (Wildman–Crippen MR) is 60.9 cm³/mol. The average molecular weight is 245 g/mol. The highest BCUT2D eigenvalue weighted by molar-refractivity contribution is 4.95. The summed E-state index contributed by atoms with van der Waals surface area (Å²) in [6.07, 6.45) is 5.54. The minimum Gasteiger partial charge on any atom is -0.375 e. The van der Waals surface area contributed by atoms with Crippen molar-refractivity contribution in [2.24, 2.45) is 17.6 Å². The third kappa shape index (κ3) is 2.34. The Labute approximate surface area is 101 Å². The molecular weight excluding hydrogens is 224 g/mol. The second-order valence-electron chi connectivity index (χ2n) is 6.14. The number of hydrogen-bond acceptors (Lipinski definition) is 2. The lowest BCUT2D eigenvalue weighted by Crippen LogP contribution is -2.37. The van der Waals surface area contributed by atoms with Crippen LogP contribution < -0.4 is 5.73 Å². The van der Waals surface area contributed by atoms with Gasteiger partial charge in [-0.2, -0.15) is 0 Å². The van der Waals surface area contributed by atoms with Crippen molar-refractivity contribution in [1.82, 2.24) is 0 Å². The molecule has 1 aliphatic carbocycles. The first kappa shape index (κ1) is 11.8. The van der Waals surface area contributed by atoms with Crippen molar-refractivity contribution in [3.63, 3.8) is 0 Å². The van der Waals surface area contributed by atoms with E-state index < -0.39 is 5.92 Å². The molecule has 3 rings (SSSR count). The molecule has 5 atom stereocenters. The molecule has 4 heteroatoms. The number of hydrogen-bond donors (Lipinski definition) is 1. The van der Waals surface area contributed by atoms with E-state index in [-0.39, 0.29) is 24.8 Å². The summed E-state index contributed by atoms with van der Waals surface area (Å²) >= 11 is 0. The highest BCUT2D eigenvalue weighted by atomic mass is 19.3. The standard InChI is InChI=1S/C13H21F2NO/c14-13(15)4-3-8(7-13)5-11(16)10-6-9-1-2-12(10)17-9/h8-12H,1-7,16H2. The minimum atomic E-state index is -2.43. The molecule has 2 bridgehead atoms. The van der Waals surface area contributed by atoms with Gasteiger partial charge in [-0.3, -0.25) is 0 Å². The van der Waals surface area contributed by atoms with Crippen LogP contribution in [-0.2, 0) is 4.74 Å². The van der Waals surface area contributed by atoms with Gasteiger partial charge in [0.1, 0.15) is 0 Å². The molecule has 0 radical (unpaired) electrons. The van der Waals surface area contributed by atoms with E-state index in [4.69, 9.17) is 10.5 Å². The SMILES string of the molecule is NC(CC1CCC(F)(F)C1)C1CC2CCC1O2. The van der Waals surface area contributed by atoms with E-state index in [1.54, 1.807) is 0 Å². The number of alkyl halides is 2. The number of rotatable bonds is 3. The molecule has 1 saturated carbocycles. The van der Waals surface area contributed by atoms with Gasteiger partial charge in [-0.1, -0.05) is 0 Å². The van der Waals surface area contributed by atoms with Crippen molar-refractivity contribution in [2.45, 2.75) is 69.1 Å². The number of ether oxygens (including phenoxy) is 1. The number of fused-ring (bicyclic) bond motifs is 2. The van der Waals surface area contributed by atoms with Gasteiger partial charge in [0.05, 0.1) is 12.2 Å². The highest BCUT2D eigenvalue weighted by Gasteiger charge is 2.45. The van der Waals surface area contributed by atoms with Crippen molar-refractivity contribution in [2.75, 3.05) is 0 Å². The fourth-order valence-electron chi connectivity index (χ4n) is 3.93. The van der Waals surface area contributed by atoms with E-state index >= 15 is 0 Å². The van der Waals surface area contributed by atoms with Crippen LogP contribution in [0.4, 0.5) is 8.78 Å².